The molecule has 0 aliphatic rings. The lowest BCUT2D eigenvalue weighted by Crippen LogP contribution is -2.17. The second kappa shape index (κ2) is 6.80. The summed E-state index contributed by atoms with van der Waals surface area (Å²) in [5, 5.41) is 6.86. The van der Waals surface area contributed by atoms with Crippen LogP contribution in [0.1, 0.15) is 38.1 Å². The molecule has 0 fully saturated rings. The predicted molar refractivity (Wildman–Crippen MR) is 99.3 cm³/mol. The highest BCUT2D eigenvalue weighted by Crippen LogP contribution is 2.29. The van der Waals surface area contributed by atoms with Crippen molar-refractivity contribution in [3.8, 4) is 22.2 Å². The lowest BCUT2D eigenvalue weighted by atomic mass is 9.87. The zero-order chi connectivity index (χ0) is 18.0. The second-order valence-electron chi connectivity index (χ2n) is 6.93. The van der Waals surface area contributed by atoms with Crippen LogP contribution in [0.15, 0.2) is 40.9 Å². The van der Waals surface area contributed by atoms with Crippen molar-refractivity contribution in [1.82, 2.24) is 15.5 Å². The van der Waals surface area contributed by atoms with Gasteiger partial charge in [0.05, 0.1) is 11.4 Å². The molecular formula is C19H21N3O2S. The summed E-state index contributed by atoms with van der Waals surface area (Å²) in [7, 11) is 0. The fourth-order valence-corrected chi connectivity index (χ4v) is 3.23. The second-order valence-corrected chi connectivity index (χ2v) is 8.09. The third-order valence-corrected chi connectivity index (χ3v) is 4.90. The molecule has 1 N–H and O–H groups in total. The van der Waals surface area contributed by atoms with E-state index in [2.05, 4.69) is 48.4 Å². The quantitative estimate of drug-likeness (QED) is 0.753. The Kier molecular flexibility index (Phi) is 4.72. The van der Waals surface area contributed by atoms with Gasteiger partial charge in [0.25, 0.3) is 5.89 Å². The molecule has 1 aromatic carbocycles. The van der Waals surface area contributed by atoms with Crippen LogP contribution in [-0.2, 0) is 16.8 Å². The molecule has 2 aromatic heterocycles. The third-order valence-electron chi connectivity index (χ3n) is 3.82. The monoisotopic (exact) mass is 355 g/mol. The van der Waals surface area contributed by atoms with E-state index in [4.69, 9.17) is 4.52 Å². The highest BCUT2D eigenvalue weighted by atomic mass is 32.1. The van der Waals surface area contributed by atoms with Crippen LogP contribution < -0.4 is 5.32 Å². The molecule has 0 atom stereocenters. The van der Waals surface area contributed by atoms with Gasteiger partial charge in [-0.15, -0.1) is 11.3 Å². The van der Waals surface area contributed by atoms with Gasteiger partial charge in [0.1, 0.15) is 0 Å². The van der Waals surface area contributed by atoms with Crippen molar-refractivity contribution >= 4 is 17.2 Å². The smallest absolute Gasteiger partial charge is 0.258 e. The molecule has 3 rings (SSSR count). The Hall–Kier alpha value is -2.47. The van der Waals surface area contributed by atoms with E-state index in [1.54, 1.807) is 11.3 Å². The van der Waals surface area contributed by atoms with E-state index >= 15 is 0 Å². The number of nitrogens with zero attached hydrogens (tertiary/aromatic N) is 2. The van der Waals surface area contributed by atoms with Crippen LogP contribution in [0.25, 0.3) is 22.2 Å². The van der Waals surface area contributed by atoms with Gasteiger partial charge in [0.2, 0.25) is 11.7 Å². The minimum atomic E-state index is -0.0458. The van der Waals surface area contributed by atoms with E-state index in [0.29, 0.717) is 18.3 Å². The molecular weight excluding hydrogens is 334 g/mol. The van der Waals surface area contributed by atoms with Crippen molar-refractivity contribution in [1.29, 1.82) is 0 Å². The Morgan fingerprint density at radius 1 is 1.16 bits per heavy atom. The van der Waals surface area contributed by atoms with E-state index < -0.39 is 0 Å². The number of benzene rings is 1. The Labute approximate surface area is 151 Å². The first-order chi connectivity index (χ1) is 11.8. The van der Waals surface area contributed by atoms with E-state index in [0.717, 1.165) is 15.3 Å². The van der Waals surface area contributed by atoms with Gasteiger partial charge in [-0.1, -0.05) is 38.1 Å². The molecule has 130 valence electrons. The molecule has 0 saturated carbocycles. The molecule has 0 spiro atoms. The largest absolute Gasteiger partial charge is 0.351 e. The highest BCUT2D eigenvalue weighted by molar-refractivity contribution is 7.15. The summed E-state index contributed by atoms with van der Waals surface area (Å²) in [4.78, 5) is 17.5. The normalized spacial score (nSPS) is 11.5. The van der Waals surface area contributed by atoms with Gasteiger partial charge in [-0.2, -0.15) is 4.98 Å². The zero-order valence-corrected chi connectivity index (χ0v) is 15.6. The third kappa shape index (κ3) is 4.14. The summed E-state index contributed by atoms with van der Waals surface area (Å²) >= 11 is 1.54. The summed E-state index contributed by atoms with van der Waals surface area (Å²) in [6, 6.07) is 12.1. The molecule has 25 heavy (non-hydrogen) atoms. The lowest BCUT2D eigenvalue weighted by molar-refractivity contribution is -0.119. The van der Waals surface area contributed by atoms with Crippen molar-refractivity contribution in [2.24, 2.45) is 0 Å². The van der Waals surface area contributed by atoms with Crippen LogP contribution >= 0.6 is 11.3 Å². The average molecular weight is 355 g/mol. The maximum Gasteiger partial charge on any atom is 0.258 e. The summed E-state index contributed by atoms with van der Waals surface area (Å²) in [6.07, 6.45) is 0. The van der Waals surface area contributed by atoms with Gasteiger partial charge in [0, 0.05) is 17.4 Å². The molecule has 3 aromatic rings. The fourth-order valence-electron chi connectivity index (χ4n) is 2.36. The predicted octanol–water partition coefficient (Wildman–Crippen LogP) is 4.40. The number of hydrogen-bond acceptors (Lipinski definition) is 5. The minimum Gasteiger partial charge on any atom is -0.351 e. The van der Waals surface area contributed by atoms with Crippen molar-refractivity contribution in [2.75, 3.05) is 0 Å². The molecule has 0 bridgehead atoms. The molecule has 1 amide bonds. The van der Waals surface area contributed by atoms with Crippen molar-refractivity contribution in [3.05, 3.63) is 46.8 Å². The topological polar surface area (TPSA) is 68.0 Å². The van der Waals surface area contributed by atoms with Gasteiger partial charge in [-0.3, -0.25) is 4.79 Å². The molecule has 0 aliphatic carbocycles. The van der Waals surface area contributed by atoms with Gasteiger partial charge in [-0.25, -0.2) is 0 Å². The number of rotatable bonds is 4. The first-order valence-electron chi connectivity index (χ1n) is 8.11. The Bertz CT molecular complexity index is 873. The summed E-state index contributed by atoms with van der Waals surface area (Å²) in [5.41, 5.74) is 2.28. The molecule has 0 radical (unpaired) electrons. The van der Waals surface area contributed by atoms with Gasteiger partial charge in [0.15, 0.2) is 0 Å². The summed E-state index contributed by atoms with van der Waals surface area (Å²) in [5.74, 6) is 1.02. The van der Waals surface area contributed by atoms with Crippen LogP contribution in [0.5, 0.6) is 0 Å². The first-order valence-corrected chi connectivity index (χ1v) is 8.93. The molecule has 2 heterocycles. The SMILES string of the molecule is CC(=O)NCc1ccc(-c2noc(-c3ccc(C(C)(C)C)cc3)n2)s1. The molecule has 5 nitrogen and oxygen atoms in total. The number of amides is 1. The van der Waals surface area contributed by atoms with Crippen LogP contribution in [0, 0.1) is 0 Å². The minimum absolute atomic E-state index is 0.0458. The average Bonchev–Trinajstić information content (AvgIpc) is 3.21. The fraction of sp³-hybridized carbons (Fsp3) is 0.316. The maximum absolute atomic E-state index is 11.0. The molecule has 0 unspecified atom stereocenters. The van der Waals surface area contributed by atoms with Gasteiger partial charge < -0.3 is 9.84 Å². The van der Waals surface area contributed by atoms with Crippen LogP contribution in [0.4, 0.5) is 0 Å². The van der Waals surface area contributed by atoms with Crippen LogP contribution in [-0.4, -0.2) is 16.0 Å². The van der Waals surface area contributed by atoms with Crippen molar-refractivity contribution in [3.63, 3.8) is 0 Å². The highest BCUT2D eigenvalue weighted by Gasteiger charge is 2.16. The molecule has 0 aliphatic heterocycles. The number of aromatic nitrogens is 2. The van der Waals surface area contributed by atoms with Crippen molar-refractivity contribution in [2.45, 2.75) is 39.7 Å². The standard InChI is InChI=1S/C19H21N3O2S/c1-12(23)20-11-15-9-10-16(25-15)17-21-18(24-22-17)13-5-7-14(8-6-13)19(2,3)4/h5-10H,11H2,1-4H3,(H,20,23). The van der Waals surface area contributed by atoms with Crippen LogP contribution in [0.2, 0.25) is 0 Å². The van der Waals surface area contributed by atoms with E-state index in [9.17, 15) is 4.79 Å². The Morgan fingerprint density at radius 3 is 2.52 bits per heavy atom. The number of thiophene rings is 1. The summed E-state index contributed by atoms with van der Waals surface area (Å²) in [6.45, 7) is 8.57. The van der Waals surface area contributed by atoms with Gasteiger partial charge >= 0.3 is 0 Å². The summed E-state index contributed by atoms with van der Waals surface area (Å²) < 4.78 is 5.41. The maximum atomic E-state index is 11.0. The molecule has 6 heteroatoms. The molecule has 0 saturated heterocycles. The lowest BCUT2D eigenvalue weighted by Gasteiger charge is -2.18. The van der Waals surface area contributed by atoms with E-state index in [1.165, 1.54) is 12.5 Å². The van der Waals surface area contributed by atoms with E-state index in [-0.39, 0.29) is 11.3 Å². The first kappa shape index (κ1) is 17.4. The van der Waals surface area contributed by atoms with E-state index in [1.807, 2.05) is 24.3 Å². The number of nitrogens with one attached hydrogen (secondary N) is 1. The Balaban J connectivity index is 1.77. The number of hydrogen-bond donors (Lipinski definition) is 1. The zero-order valence-electron chi connectivity index (χ0n) is 14.8. The Morgan fingerprint density at radius 2 is 1.88 bits per heavy atom. The van der Waals surface area contributed by atoms with Crippen LogP contribution in [0.3, 0.4) is 0 Å². The van der Waals surface area contributed by atoms with Gasteiger partial charge in [-0.05, 0) is 35.2 Å². The number of carbonyl (C=O) groups is 1. The van der Waals surface area contributed by atoms with Crippen molar-refractivity contribution < 1.29 is 9.32 Å². The number of carbonyl (C=O) groups excluding carboxylic acids is 1.